The Morgan fingerprint density at radius 3 is 3.38 bits per heavy atom. The molecule has 3 rings (SSSR count). The van der Waals surface area contributed by atoms with Gasteiger partial charge < -0.3 is 4.74 Å². The highest BCUT2D eigenvalue weighted by atomic mass is 32.1. The predicted octanol–water partition coefficient (Wildman–Crippen LogP) is 1.64. The average molecular weight is 236 g/mol. The topological polar surface area (TPSA) is 44.1 Å². The fourth-order valence-electron chi connectivity index (χ4n) is 2.02. The number of thiophene rings is 1. The van der Waals surface area contributed by atoms with Crippen molar-refractivity contribution in [1.82, 2.24) is 9.55 Å². The molecule has 0 amide bonds. The van der Waals surface area contributed by atoms with Gasteiger partial charge in [0.25, 0.3) is 5.56 Å². The number of hydrogen-bond acceptors (Lipinski definition) is 4. The van der Waals surface area contributed by atoms with Gasteiger partial charge in [-0.05, 0) is 24.3 Å². The Morgan fingerprint density at radius 2 is 2.56 bits per heavy atom. The van der Waals surface area contributed by atoms with Crippen molar-refractivity contribution in [3.63, 3.8) is 0 Å². The molecule has 0 aliphatic carbocycles. The molecule has 1 aliphatic heterocycles. The zero-order chi connectivity index (χ0) is 11.0. The van der Waals surface area contributed by atoms with Gasteiger partial charge >= 0.3 is 0 Å². The molecule has 2 aromatic heterocycles. The van der Waals surface area contributed by atoms with E-state index < -0.39 is 0 Å². The fraction of sp³-hybridized carbons (Fsp3) is 0.455. The summed E-state index contributed by atoms with van der Waals surface area (Å²) in [4.78, 5) is 16.3. The summed E-state index contributed by atoms with van der Waals surface area (Å²) >= 11 is 1.45. The van der Waals surface area contributed by atoms with Gasteiger partial charge in [0.15, 0.2) is 0 Å². The third-order valence-electron chi connectivity index (χ3n) is 2.86. The van der Waals surface area contributed by atoms with Crippen LogP contribution in [0.4, 0.5) is 0 Å². The lowest BCUT2D eigenvalue weighted by Crippen LogP contribution is -2.26. The maximum atomic E-state index is 12.1. The number of hydrogen-bond donors (Lipinski definition) is 0. The average Bonchev–Trinajstić information content (AvgIpc) is 2.93. The molecule has 2 aromatic rings. The monoisotopic (exact) mass is 236 g/mol. The van der Waals surface area contributed by atoms with Crippen LogP contribution in [0.25, 0.3) is 10.2 Å². The van der Waals surface area contributed by atoms with E-state index in [1.54, 1.807) is 10.9 Å². The molecule has 1 fully saturated rings. The fourth-order valence-corrected chi connectivity index (χ4v) is 2.81. The molecule has 4 nitrogen and oxygen atoms in total. The van der Waals surface area contributed by atoms with E-state index in [4.69, 9.17) is 4.74 Å². The molecule has 1 atom stereocenters. The molecule has 0 radical (unpaired) electrons. The van der Waals surface area contributed by atoms with Gasteiger partial charge in [-0.15, -0.1) is 11.3 Å². The minimum absolute atomic E-state index is 0.0514. The Morgan fingerprint density at radius 1 is 1.62 bits per heavy atom. The van der Waals surface area contributed by atoms with Crippen LogP contribution in [-0.4, -0.2) is 22.3 Å². The highest BCUT2D eigenvalue weighted by Gasteiger charge is 2.17. The van der Waals surface area contributed by atoms with Crippen molar-refractivity contribution in [3.05, 3.63) is 28.1 Å². The molecule has 0 saturated carbocycles. The molecule has 1 aliphatic rings. The molecule has 1 saturated heterocycles. The van der Waals surface area contributed by atoms with Crippen LogP contribution in [0.2, 0.25) is 0 Å². The van der Waals surface area contributed by atoms with Crippen molar-refractivity contribution in [2.45, 2.75) is 25.5 Å². The van der Waals surface area contributed by atoms with Gasteiger partial charge in [-0.25, -0.2) is 4.98 Å². The maximum Gasteiger partial charge on any atom is 0.271 e. The SMILES string of the molecule is O=c1c2sccc2ncn1CC1CCCO1. The number of rotatable bonds is 2. The van der Waals surface area contributed by atoms with Gasteiger partial charge in [-0.1, -0.05) is 0 Å². The Balaban J connectivity index is 1.96. The van der Waals surface area contributed by atoms with E-state index >= 15 is 0 Å². The van der Waals surface area contributed by atoms with E-state index in [9.17, 15) is 4.79 Å². The van der Waals surface area contributed by atoms with Gasteiger partial charge in [0.2, 0.25) is 0 Å². The maximum absolute atomic E-state index is 12.1. The Bertz CT molecular complexity index is 554. The Labute approximate surface area is 96.5 Å². The first-order valence-electron chi connectivity index (χ1n) is 5.39. The summed E-state index contributed by atoms with van der Waals surface area (Å²) in [6.07, 6.45) is 3.93. The summed E-state index contributed by atoms with van der Waals surface area (Å²) in [5.41, 5.74) is 0.842. The summed E-state index contributed by atoms with van der Waals surface area (Å²) in [5, 5.41) is 1.90. The molecule has 1 unspecified atom stereocenters. The highest BCUT2D eigenvalue weighted by Crippen LogP contribution is 2.16. The lowest BCUT2D eigenvalue weighted by atomic mass is 10.2. The minimum atomic E-state index is 0.0514. The van der Waals surface area contributed by atoms with Gasteiger partial charge in [-0.3, -0.25) is 9.36 Å². The number of nitrogens with zero attached hydrogens (tertiary/aromatic N) is 2. The van der Waals surface area contributed by atoms with Crippen LogP contribution in [0.1, 0.15) is 12.8 Å². The molecule has 3 heterocycles. The van der Waals surface area contributed by atoms with Crippen molar-refractivity contribution >= 4 is 21.6 Å². The first kappa shape index (κ1) is 9.99. The Kier molecular flexibility index (Phi) is 2.49. The van der Waals surface area contributed by atoms with E-state index in [-0.39, 0.29) is 11.7 Å². The number of ether oxygens (including phenoxy) is 1. The second-order valence-electron chi connectivity index (χ2n) is 3.97. The third-order valence-corrected chi connectivity index (χ3v) is 3.75. The van der Waals surface area contributed by atoms with Crippen molar-refractivity contribution in [1.29, 1.82) is 0 Å². The van der Waals surface area contributed by atoms with Crippen molar-refractivity contribution < 1.29 is 4.74 Å². The van der Waals surface area contributed by atoms with Gasteiger partial charge in [0.1, 0.15) is 4.70 Å². The lowest BCUT2D eigenvalue weighted by Gasteiger charge is -2.10. The van der Waals surface area contributed by atoms with Crippen molar-refractivity contribution in [2.24, 2.45) is 0 Å². The van der Waals surface area contributed by atoms with Crippen LogP contribution in [0, 0.1) is 0 Å². The van der Waals surface area contributed by atoms with Crippen LogP contribution in [0.3, 0.4) is 0 Å². The van der Waals surface area contributed by atoms with Gasteiger partial charge in [0, 0.05) is 6.61 Å². The van der Waals surface area contributed by atoms with Crippen LogP contribution >= 0.6 is 11.3 Å². The molecule has 0 bridgehead atoms. The highest BCUT2D eigenvalue weighted by molar-refractivity contribution is 7.17. The van der Waals surface area contributed by atoms with Crippen molar-refractivity contribution in [3.8, 4) is 0 Å². The van der Waals surface area contributed by atoms with Gasteiger partial charge in [0.05, 0.1) is 24.5 Å². The number of fused-ring (bicyclic) bond motifs is 1. The standard InChI is InChI=1S/C11H12N2O2S/c14-11-10-9(3-5-16-10)12-7-13(11)6-8-2-1-4-15-8/h3,5,7-8H,1-2,4,6H2. The molecule has 16 heavy (non-hydrogen) atoms. The summed E-state index contributed by atoms with van der Waals surface area (Å²) in [7, 11) is 0. The van der Waals surface area contributed by atoms with E-state index in [1.807, 2.05) is 11.4 Å². The predicted molar refractivity (Wildman–Crippen MR) is 62.9 cm³/mol. The van der Waals surface area contributed by atoms with E-state index in [0.717, 1.165) is 29.7 Å². The molecule has 5 heteroatoms. The van der Waals surface area contributed by atoms with Crippen LogP contribution in [0.15, 0.2) is 22.6 Å². The van der Waals surface area contributed by atoms with Crippen LogP contribution in [0.5, 0.6) is 0 Å². The van der Waals surface area contributed by atoms with Crippen molar-refractivity contribution in [2.75, 3.05) is 6.61 Å². The third kappa shape index (κ3) is 1.66. The molecule has 0 N–H and O–H groups in total. The molecule has 0 spiro atoms. The summed E-state index contributed by atoms with van der Waals surface area (Å²) < 4.78 is 7.92. The zero-order valence-corrected chi connectivity index (χ0v) is 9.57. The quantitative estimate of drug-likeness (QED) is 0.796. The summed E-state index contributed by atoms with van der Waals surface area (Å²) in [6.45, 7) is 1.44. The summed E-state index contributed by atoms with van der Waals surface area (Å²) in [6, 6.07) is 1.87. The minimum Gasteiger partial charge on any atom is -0.376 e. The van der Waals surface area contributed by atoms with E-state index in [2.05, 4.69) is 4.98 Å². The smallest absolute Gasteiger partial charge is 0.271 e. The normalized spacial score (nSPS) is 20.6. The largest absolute Gasteiger partial charge is 0.376 e. The van der Waals surface area contributed by atoms with Crippen LogP contribution < -0.4 is 5.56 Å². The Hall–Kier alpha value is -1.20. The second-order valence-corrected chi connectivity index (χ2v) is 4.89. The molecule has 0 aromatic carbocycles. The van der Waals surface area contributed by atoms with Crippen LogP contribution in [-0.2, 0) is 11.3 Å². The summed E-state index contributed by atoms with van der Waals surface area (Å²) in [5.74, 6) is 0. The van der Waals surface area contributed by atoms with E-state index in [0.29, 0.717) is 6.54 Å². The number of aromatic nitrogens is 2. The second kappa shape index (κ2) is 3.99. The first-order chi connectivity index (χ1) is 7.84. The van der Waals surface area contributed by atoms with Gasteiger partial charge in [-0.2, -0.15) is 0 Å². The van der Waals surface area contributed by atoms with E-state index in [1.165, 1.54) is 11.3 Å². The molecular weight excluding hydrogens is 224 g/mol. The molecular formula is C11H12N2O2S. The first-order valence-corrected chi connectivity index (χ1v) is 6.27. The molecule has 84 valence electrons. The lowest BCUT2D eigenvalue weighted by molar-refractivity contribution is 0.0960. The zero-order valence-electron chi connectivity index (χ0n) is 8.76.